The molecule has 1 heterocycles. The maximum Gasteiger partial charge on any atom is 0.153 e. The van der Waals surface area contributed by atoms with Gasteiger partial charge in [-0.15, -0.1) is 5.10 Å². The Balaban J connectivity index is 2.24. The maximum absolute atomic E-state index is 5.71. The molecule has 2 rings (SSSR count). The van der Waals surface area contributed by atoms with E-state index >= 15 is 0 Å². The molecule has 1 N–H and O–H groups in total. The molecule has 13 heavy (non-hydrogen) atoms. The first kappa shape index (κ1) is 8.13. The van der Waals surface area contributed by atoms with E-state index in [1.165, 1.54) is 0 Å². The van der Waals surface area contributed by atoms with Crippen LogP contribution in [0.4, 0.5) is 5.69 Å². The number of hydrazine groups is 1. The summed E-state index contributed by atoms with van der Waals surface area (Å²) in [5.74, 6) is 0. The predicted molar refractivity (Wildman–Crippen MR) is 53.2 cm³/mol. The summed E-state index contributed by atoms with van der Waals surface area (Å²) in [6.45, 7) is 0. The number of hydrogen-bond donors (Lipinski definition) is 1. The Bertz CT molecular complexity index is 345. The minimum Gasteiger partial charge on any atom is -0.276 e. The van der Waals surface area contributed by atoms with Gasteiger partial charge in [-0.2, -0.15) is 5.12 Å². The molecule has 0 bridgehead atoms. The number of anilines is 1. The number of hydrogen-bond acceptors (Lipinski definition) is 3. The van der Waals surface area contributed by atoms with Crippen LogP contribution >= 0.6 is 11.6 Å². The highest BCUT2D eigenvalue weighted by Gasteiger charge is 2.06. The highest BCUT2D eigenvalue weighted by molar-refractivity contribution is 6.68. The first-order chi connectivity index (χ1) is 6.36. The number of nitrogens with one attached hydrogen (secondary N) is 1. The molecule has 0 aliphatic carbocycles. The fraction of sp³-hybridized carbons (Fsp3) is 0. The molecule has 0 atom stereocenters. The summed E-state index contributed by atoms with van der Waals surface area (Å²) in [5, 5.41) is 6.00. The minimum atomic E-state index is 0.405. The van der Waals surface area contributed by atoms with Crippen molar-refractivity contribution in [3.8, 4) is 0 Å². The monoisotopic (exact) mass is 192 g/mol. The van der Waals surface area contributed by atoms with Gasteiger partial charge in [0, 0.05) is 6.08 Å². The number of benzene rings is 1. The van der Waals surface area contributed by atoms with E-state index in [0.717, 1.165) is 5.69 Å². The SMILES string of the molecule is ClC1=NN(c2ccccc2)N[C]=C1. The Morgan fingerprint density at radius 2 is 2.08 bits per heavy atom. The lowest BCUT2D eigenvalue weighted by molar-refractivity contribution is 0.755. The van der Waals surface area contributed by atoms with E-state index in [-0.39, 0.29) is 0 Å². The molecule has 4 heteroatoms. The zero-order valence-electron chi connectivity index (χ0n) is 6.74. The van der Waals surface area contributed by atoms with Gasteiger partial charge in [-0.05, 0) is 12.1 Å². The lowest BCUT2D eigenvalue weighted by Crippen LogP contribution is -2.32. The van der Waals surface area contributed by atoms with Crippen LogP contribution in [0.1, 0.15) is 0 Å². The van der Waals surface area contributed by atoms with Gasteiger partial charge in [0.2, 0.25) is 0 Å². The Hall–Kier alpha value is -1.48. The van der Waals surface area contributed by atoms with Crippen molar-refractivity contribution in [2.24, 2.45) is 5.10 Å². The normalized spacial score (nSPS) is 15.2. The summed E-state index contributed by atoms with van der Waals surface area (Å²) in [5.41, 5.74) is 3.74. The van der Waals surface area contributed by atoms with E-state index in [4.69, 9.17) is 11.6 Å². The molecule has 0 unspecified atom stereocenters. The molecule has 0 saturated heterocycles. The summed E-state index contributed by atoms with van der Waals surface area (Å²) >= 11 is 5.71. The Morgan fingerprint density at radius 1 is 1.31 bits per heavy atom. The summed E-state index contributed by atoms with van der Waals surface area (Å²) < 4.78 is 0. The number of para-hydroxylation sites is 1. The van der Waals surface area contributed by atoms with Crippen LogP contribution in [0.5, 0.6) is 0 Å². The Morgan fingerprint density at radius 3 is 2.77 bits per heavy atom. The molecular formula is C9H7ClN3. The molecule has 0 saturated carbocycles. The second-order valence-electron chi connectivity index (χ2n) is 2.47. The molecule has 65 valence electrons. The van der Waals surface area contributed by atoms with Crippen LogP contribution in [0, 0.1) is 6.20 Å². The quantitative estimate of drug-likeness (QED) is 0.736. The summed E-state index contributed by atoms with van der Waals surface area (Å²) in [7, 11) is 0. The fourth-order valence-electron chi connectivity index (χ4n) is 0.994. The van der Waals surface area contributed by atoms with E-state index in [9.17, 15) is 0 Å². The van der Waals surface area contributed by atoms with E-state index in [1.807, 2.05) is 30.3 Å². The molecule has 0 aromatic heterocycles. The maximum atomic E-state index is 5.71. The summed E-state index contributed by atoms with van der Waals surface area (Å²) in [6.07, 6.45) is 4.34. The average molecular weight is 193 g/mol. The zero-order chi connectivity index (χ0) is 9.10. The molecule has 3 nitrogen and oxygen atoms in total. The highest BCUT2D eigenvalue weighted by atomic mass is 35.5. The molecule has 0 fully saturated rings. The van der Waals surface area contributed by atoms with Crippen molar-refractivity contribution in [1.29, 1.82) is 0 Å². The van der Waals surface area contributed by atoms with Gasteiger partial charge >= 0.3 is 0 Å². The molecule has 1 radical (unpaired) electrons. The molecule has 1 aliphatic rings. The van der Waals surface area contributed by atoms with Crippen molar-refractivity contribution in [2.45, 2.75) is 0 Å². The van der Waals surface area contributed by atoms with Crippen molar-refractivity contribution >= 4 is 22.5 Å². The first-order valence-corrected chi connectivity index (χ1v) is 4.18. The van der Waals surface area contributed by atoms with Gasteiger partial charge in [0.15, 0.2) is 5.17 Å². The third-order valence-corrected chi connectivity index (χ3v) is 1.74. The second kappa shape index (κ2) is 3.49. The van der Waals surface area contributed by atoms with Gasteiger partial charge < -0.3 is 0 Å². The topological polar surface area (TPSA) is 27.6 Å². The number of nitrogens with zero attached hydrogens (tertiary/aromatic N) is 2. The largest absolute Gasteiger partial charge is 0.276 e. The molecule has 0 amide bonds. The molecule has 1 aromatic carbocycles. The van der Waals surface area contributed by atoms with E-state index in [1.54, 1.807) is 11.2 Å². The van der Waals surface area contributed by atoms with E-state index in [2.05, 4.69) is 16.7 Å². The number of halogens is 1. The van der Waals surface area contributed by atoms with Crippen LogP contribution in [0.2, 0.25) is 0 Å². The Labute approximate surface area is 81.3 Å². The van der Waals surface area contributed by atoms with Crippen LogP contribution in [-0.2, 0) is 0 Å². The third kappa shape index (κ3) is 1.81. The minimum absolute atomic E-state index is 0.405. The average Bonchev–Trinajstić information content (AvgIpc) is 2.19. The van der Waals surface area contributed by atoms with Crippen LogP contribution in [0.15, 0.2) is 41.5 Å². The summed E-state index contributed by atoms with van der Waals surface area (Å²) in [6, 6.07) is 9.65. The Kier molecular flexibility index (Phi) is 2.19. The highest BCUT2D eigenvalue weighted by Crippen LogP contribution is 2.13. The lowest BCUT2D eigenvalue weighted by atomic mass is 10.3. The van der Waals surface area contributed by atoms with Crippen molar-refractivity contribution in [2.75, 3.05) is 5.12 Å². The molecule has 0 spiro atoms. The predicted octanol–water partition coefficient (Wildman–Crippen LogP) is 1.88. The van der Waals surface area contributed by atoms with Gasteiger partial charge in [-0.3, -0.25) is 5.43 Å². The van der Waals surface area contributed by atoms with Gasteiger partial charge in [0.25, 0.3) is 0 Å². The van der Waals surface area contributed by atoms with E-state index in [0.29, 0.717) is 5.17 Å². The van der Waals surface area contributed by atoms with Gasteiger partial charge in [-0.1, -0.05) is 29.8 Å². The lowest BCUT2D eigenvalue weighted by Gasteiger charge is -2.20. The van der Waals surface area contributed by atoms with Crippen LogP contribution in [-0.4, -0.2) is 5.17 Å². The van der Waals surface area contributed by atoms with Crippen molar-refractivity contribution in [1.82, 2.24) is 5.43 Å². The van der Waals surface area contributed by atoms with Crippen LogP contribution in [0.3, 0.4) is 0 Å². The smallest absolute Gasteiger partial charge is 0.153 e. The van der Waals surface area contributed by atoms with Crippen molar-refractivity contribution < 1.29 is 0 Å². The second-order valence-corrected chi connectivity index (χ2v) is 2.86. The first-order valence-electron chi connectivity index (χ1n) is 3.80. The third-order valence-electron chi connectivity index (χ3n) is 1.56. The van der Waals surface area contributed by atoms with E-state index < -0.39 is 0 Å². The molecule has 1 aromatic rings. The summed E-state index contributed by atoms with van der Waals surface area (Å²) in [4.78, 5) is 0. The van der Waals surface area contributed by atoms with Gasteiger partial charge in [0.05, 0.1) is 11.9 Å². The van der Waals surface area contributed by atoms with Gasteiger partial charge in [0.1, 0.15) is 0 Å². The van der Waals surface area contributed by atoms with Crippen molar-refractivity contribution in [3.05, 3.63) is 42.6 Å². The molecular weight excluding hydrogens is 186 g/mol. The standard InChI is InChI=1S/C9H7ClN3/c10-9-6-7-11-13(12-9)8-4-2-1-3-5-8/h1-6,11H. The zero-order valence-corrected chi connectivity index (χ0v) is 7.49. The number of allylic oxidation sites excluding steroid dienone is 1. The van der Waals surface area contributed by atoms with Gasteiger partial charge in [-0.25, -0.2) is 0 Å². The van der Waals surface area contributed by atoms with Crippen LogP contribution in [0.25, 0.3) is 0 Å². The molecule has 1 aliphatic heterocycles. The van der Waals surface area contributed by atoms with Crippen LogP contribution < -0.4 is 10.5 Å². The van der Waals surface area contributed by atoms with Crippen molar-refractivity contribution in [3.63, 3.8) is 0 Å². The number of hydrazone groups is 1. The number of rotatable bonds is 1. The fourth-order valence-corrected chi connectivity index (χ4v) is 1.12.